The van der Waals surface area contributed by atoms with Gasteiger partial charge in [-0.15, -0.1) is 0 Å². The molecular formula is C29H25NO. The van der Waals surface area contributed by atoms with E-state index in [2.05, 4.69) is 102 Å². The van der Waals surface area contributed by atoms with Crippen LogP contribution in [0.25, 0.3) is 22.3 Å². The van der Waals surface area contributed by atoms with Crippen LogP contribution in [-0.2, 0) is 11.3 Å². The molecule has 1 aliphatic rings. The minimum Gasteiger partial charge on any atom is -0.331 e. The van der Waals surface area contributed by atoms with Crippen LogP contribution in [-0.4, -0.2) is 10.8 Å². The van der Waals surface area contributed by atoms with Crippen molar-refractivity contribution in [2.24, 2.45) is 0 Å². The Morgan fingerprint density at radius 3 is 2.10 bits per heavy atom. The highest BCUT2D eigenvalue weighted by Crippen LogP contribution is 2.39. The zero-order chi connectivity index (χ0) is 21.0. The molecule has 0 aromatic heterocycles. The summed E-state index contributed by atoms with van der Waals surface area (Å²) < 4.78 is 0. The number of carbonyl (C=O) groups is 1. The lowest BCUT2D eigenvalue weighted by Gasteiger charge is -2.27. The molecule has 1 aliphatic heterocycles. The Bertz CT molecular complexity index is 1180. The molecule has 0 aliphatic carbocycles. The van der Waals surface area contributed by atoms with Gasteiger partial charge in [0.15, 0.2) is 0 Å². The minimum atomic E-state index is 0.101. The molecule has 4 aromatic carbocycles. The molecule has 1 fully saturated rings. The molecule has 0 saturated carbocycles. The maximum atomic E-state index is 12.9. The molecule has 1 unspecified atom stereocenters. The van der Waals surface area contributed by atoms with Crippen LogP contribution in [0.5, 0.6) is 0 Å². The van der Waals surface area contributed by atoms with Crippen molar-refractivity contribution >= 4 is 5.91 Å². The fourth-order valence-corrected chi connectivity index (χ4v) is 4.60. The molecule has 2 nitrogen and oxygen atoms in total. The molecule has 1 atom stereocenters. The number of amides is 1. The predicted octanol–water partition coefficient (Wildman–Crippen LogP) is 6.88. The Balaban J connectivity index is 1.47. The molecule has 0 bridgehead atoms. The Morgan fingerprint density at radius 1 is 0.677 bits per heavy atom. The van der Waals surface area contributed by atoms with E-state index in [0.717, 1.165) is 6.42 Å². The summed E-state index contributed by atoms with van der Waals surface area (Å²) in [5.41, 5.74) is 7.20. The van der Waals surface area contributed by atoms with Crippen molar-refractivity contribution in [1.82, 2.24) is 4.90 Å². The van der Waals surface area contributed by atoms with Crippen molar-refractivity contribution in [2.45, 2.75) is 25.4 Å². The summed E-state index contributed by atoms with van der Waals surface area (Å²) >= 11 is 0. The van der Waals surface area contributed by atoms with Crippen LogP contribution in [0.15, 0.2) is 109 Å². The fraction of sp³-hybridized carbons (Fsp3) is 0.138. The summed E-state index contributed by atoms with van der Waals surface area (Å²) in [5, 5.41) is 0. The number of hydrogen-bond donors (Lipinski definition) is 0. The third-order valence-corrected chi connectivity index (χ3v) is 6.12. The SMILES string of the molecule is O=C1CCC(c2ccccc2-c2ccccc2)N1Cc1cccc(-c2ccccc2)c1. The van der Waals surface area contributed by atoms with Gasteiger partial charge in [-0.2, -0.15) is 0 Å². The smallest absolute Gasteiger partial charge is 0.223 e. The van der Waals surface area contributed by atoms with Crippen LogP contribution in [0.4, 0.5) is 0 Å². The van der Waals surface area contributed by atoms with Gasteiger partial charge in [-0.1, -0.05) is 103 Å². The van der Waals surface area contributed by atoms with E-state index in [1.807, 2.05) is 12.1 Å². The first-order chi connectivity index (χ1) is 15.3. The molecular weight excluding hydrogens is 378 g/mol. The maximum Gasteiger partial charge on any atom is 0.223 e. The third-order valence-electron chi connectivity index (χ3n) is 6.12. The molecule has 31 heavy (non-hydrogen) atoms. The third kappa shape index (κ3) is 4.02. The molecule has 0 radical (unpaired) electrons. The summed E-state index contributed by atoms with van der Waals surface area (Å²) in [7, 11) is 0. The van der Waals surface area contributed by atoms with Crippen LogP contribution in [0.1, 0.15) is 30.0 Å². The van der Waals surface area contributed by atoms with E-state index >= 15 is 0 Å². The van der Waals surface area contributed by atoms with Crippen LogP contribution in [0.2, 0.25) is 0 Å². The molecule has 5 rings (SSSR count). The van der Waals surface area contributed by atoms with E-state index in [4.69, 9.17) is 0 Å². The minimum absolute atomic E-state index is 0.101. The Morgan fingerprint density at radius 2 is 1.32 bits per heavy atom. The standard InChI is InChI=1S/C29H25NO/c31-29-19-18-28(27-17-8-7-16-26(27)24-13-5-2-6-14-24)30(29)21-22-10-9-15-25(20-22)23-11-3-1-4-12-23/h1-17,20,28H,18-19,21H2. The summed E-state index contributed by atoms with van der Waals surface area (Å²) in [6.07, 6.45) is 1.47. The van der Waals surface area contributed by atoms with Crippen LogP contribution >= 0.6 is 0 Å². The maximum absolute atomic E-state index is 12.9. The summed E-state index contributed by atoms with van der Waals surface area (Å²) in [5.74, 6) is 0.234. The molecule has 1 heterocycles. The van der Waals surface area contributed by atoms with Crippen molar-refractivity contribution < 1.29 is 4.79 Å². The summed E-state index contributed by atoms with van der Waals surface area (Å²) in [6, 6.07) is 38.0. The average Bonchev–Trinajstić information content (AvgIpc) is 3.20. The molecule has 1 amide bonds. The topological polar surface area (TPSA) is 20.3 Å². The zero-order valence-electron chi connectivity index (χ0n) is 17.4. The van der Waals surface area contributed by atoms with Gasteiger partial charge in [0.1, 0.15) is 0 Å². The lowest BCUT2D eigenvalue weighted by atomic mass is 9.93. The van der Waals surface area contributed by atoms with E-state index < -0.39 is 0 Å². The Labute approximate surface area is 183 Å². The second kappa shape index (κ2) is 8.61. The number of benzene rings is 4. The summed E-state index contributed by atoms with van der Waals surface area (Å²) in [4.78, 5) is 15.0. The van der Waals surface area contributed by atoms with E-state index in [0.29, 0.717) is 13.0 Å². The fourth-order valence-electron chi connectivity index (χ4n) is 4.60. The van der Waals surface area contributed by atoms with Gasteiger partial charge < -0.3 is 4.90 Å². The van der Waals surface area contributed by atoms with Crippen LogP contribution in [0.3, 0.4) is 0 Å². The Kier molecular flexibility index (Phi) is 5.37. The molecule has 2 heteroatoms. The first kappa shape index (κ1) is 19.3. The van der Waals surface area contributed by atoms with Crippen molar-refractivity contribution in [3.05, 3.63) is 120 Å². The van der Waals surface area contributed by atoms with E-state index in [1.54, 1.807) is 0 Å². The van der Waals surface area contributed by atoms with E-state index in [-0.39, 0.29) is 11.9 Å². The highest BCUT2D eigenvalue weighted by molar-refractivity contribution is 5.80. The van der Waals surface area contributed by atoms with Gasteiger partial charge in [0.25, 0.3) is 0 Å². The average molecular weight is 404 g/mol. The lowest BCUT2D eigenvalue weighted by Crippen LogP contribution is -2.27. The quantitative estimate of drug-likeness (QED) is 0.355. The van der Waals surface area contributed by atoms with Gasteiger partial charge in [-0.25, -0.2) is 0 Å². The van der Waals surface area contributed by atoms with Crippen molar-refractivity contribution in [1.29, 1.82) is 0 Å². The van der Waals surface area contributed by atoms with Gasteiger partial charge in [-0.05, 0) is 45.9 Å². The van der Waals surface area contributed by atoms with Gasteiger partial charge in [0.05, 0.1) is 6.04 Å². The molecule has 0 N–H and O–H groups in total. The van der Waals surface area contributed by atoms with Crippen molar-refractivity contribution in [3.63, 3.8) is 0 Å². The molecule has 152 valence electrons. The van der Waals surface area contributed by atoms with Gasteiger partial charge >= 0.3 is 0 Å². The second-order valence-corrected chi connectivity index (χ2v) is 8.10. The number of likely N-dealkylation sites (tertiary alicyclic amines) is 1. The number of nitrogens with zero attached hydrogens (tertiary/aromatic N) is 1. The zero-order valence-corrected chi connectivity index (χ0v) is 17.4. The summed E-state index contributed by atoms with van der Waals surface area (Å²) in [6.45, 7) is 0.632. The first-order valence-electron chi connectivity index (χ1n) is 10.9. The van der Waals surface area contributed by atoms with Gasteiger partial charge in [0.2, 0.25) is 5.91 Å². The molecule has 1 saturated heterocycles. The van der Waals surface area contributed by atoms with Crippen molar-refractivity contribution in [2.75, 3.05) is 0 Å². The van der Waals surface area contributed by atoms with Crippen LogP contribution in [0, 0.1) is 0 Å². The number of rotatable bonds is 5. The van der Waals surface area contributed by atoms with E-state index in [9.17, 15) is 4.79 Å². The second-order valence-electron chi connectivity index (χ2n) is 8.10. The van der Waals surface area contributed by atoms with Crippen molar-refractivity contribution in [3.8, 4) is 22.3 Å². The van der Waals surface area contributed by atoms with Crippen LogP contribution < -0.4 is 0 Å². The highest BCUT2D eigenvalue weighted by Gasteiger charge is 2.33. The predicted molar refractivity (Wildman–Crippen MR) is 126 cm³/mol. The molecule has 0 spiro atoms. The Hall–Kier alpha value is -3.65. The number of hydrogen-bond acceptors (Lipinski definition) is 1. The highest BCUT2D eigenvalue weighted by atomic mass is 16.2. The monoisotopic (exact) mass is 403 g/mol. The number of carbonyl (C=O) groups excluding carboxylic acids is 1. The van der Waals surface area contributed by atoms with Gasteiger partial charge in [0, 0.05) is 13.0 Å². The molecule has 4 aromatic rings. The van der Waals surface area contributed by atoms with Gasteiger partial charge in [-0.3, -0.25) is 4.79 Å². The van der Waals surface area contributed by atoms with E-state index in [1.165, 1.54) is 33.4 Å². The lowest BCUT2D eigenvalue weighted by molar-refractivity contribution is -0.129. The largest absolute Gasteiger partial charge is 0.331 e. The first-order valence-corrected chi connectivity index (χ1v) is 10.9. The normalized spacial score (nSPS) is 15.9.